The third-order valence-corrected chi connectivity index (χ3v) is 3.76. The number of aromatic nitrogens is 2. The van der Waals surface area contributed by atoms with Gasteiger partial charge < -0.3 is 16.0 Å². The summed E-state index contributed by atoms with van der Waals surface area (Å²) in [5, 5.41) is 3.23. The van der Waals surface area contributed by atoms with Crippen LogP contribution in [0.5, 0.6) is 0 Å². The minimum Gasteiger partial charge on any atom is -0.369 e. The molecule has 0 spiro atoms. The first kappa shape index (κ1) is 14.6. The molecule has 6 nitrogen and oxygen atoms in total. The van der Waals surface area contributed by atoms with Gasteiger partial charge in [0.05, 0.1) is 18.3 Å². The number of rotatable bonds is 5. The first-order chi connectivity index (χ1) is 9.61. The normalized spacial score (nSPS) is 22.6. The van der Waals surface area contributed by atoms with Crippen LogP contribution < -0.4 is 16.0 Å². The van der Waals surface area contributed by atoms with E-state index in [1.54, 1.807) is 12.4 Å². The highest BCUT2D eigenvalue weighted by atomic mass is 16.1. The molecule has 1 aromatic heterocycles. The molecule has 0 aliphatic carbocycles. The fourth-order valence-corrected chi connectivity index (χ4v) is 2.49. The molecule has 20 heavy (non-hydrogen) atoms. The highest BCUT2D eigenvalue weighted by Gasteiger charge is 2.29. The molecule has 3 N–H and O–H groups in total. The van der Waals surface area contributed by atoms with Crippen molar-refractivity contribution in [2.45, 2.75) is 39.2 Å². The number of amides is 1. The zero-order chi connectivity index (χ0) is 14.5. The second kappa shape index (κ2) is 6.54. The summed E-state index contributed by atoms with van der Waals surface area (Å²) in [6, 6.07) is 0.348. The van der Waals surface area contributed by atoms with Crippen molar-refractivity contribution in [3.8, 4) is 0 Å². The maximum absolute atomic E-state index is 11.4. The van der Waals surface area contributed by atoms with E-state index < -0.39 is 0 Å². The molecule has 6 heteroatoms. The zero-order valence-corrected chi connectivity index (χ0v) is 12.2. The van der Waals surface area contributed by atoms with Gasteiger partial charge in [-0.3, -0.25) is 9.78 Å². The molecule has 1 saturated heterocycles. The molecule has 1 aliphatic heterocycles. The molecule has 1 aliphatic rings. The van der Waals surface area contributed by atoms with Crippen LogP contribution in [-0.2, 0) is 4.79 Å². The summed E-state index contributed by atoms with van der Waals surface area (Å²) in [4.78, 5) is 22.3. The minimum atomic E-state index is -0.227. The number of nitrogens with one attached hydrogen (secondary N) is 1. The van der Waals surface area contributed by atoms with E-state index in [1.807, 2.05) is 0 Å². The number of hydrogen-bond donors (Lipinski definition) is 2. The number of carbonyl (C=O) groups excluding carboxylic acids is 1. The third kappa shape index (κ3) is 3.37. The molecule has 1 fully saturated rings. The largest absolute Gasteiger partial charge is 0.369 e. The molecule has 0 aromatic carbocycles. The Hall–Kier alpha value is -1.85. The van der Waals surface area contributed by atoms with Gasteiger partial charge in [-0.1, -0.05) is 6.92 Å². The summed E-state index contributed by atoms with van der Waals surface area (Å²) in [6.07, 6.45) is 6.31. The topological polar surface area (TPSA) is 84.1 Å². The van der Waals surface area contributed by atoms with Gasteiger partial charge in [0.2, 0.25) is 5.91 Å². The van der Waals surface area contributed by atoms with Crippen molar-refractivity contribution in [1.29, 1.82) is 0 Å². The van der Waals surface area contributed by atoms with Gasteiger partial charge in [-0.25, -0.2) is 4.98 Å². The predicted octanol–water partition coefficient (Wildman–Crippen LogP) is 1.39. The van der Waals surface area contributed by atoms with E-state index in [4.69, 9.17) is 5.73 Å². The van der Waals surface area contributed by atoms with Crippen LogP contribution in [0.1, 0.15) is 33.1 Å². The molecule has 2 unspecified atom stereocenters. The lowest BCUT2D eigenvalue weighted by Gasteiger charge is -2.37. The van der Waals surface area contributed by atoms with Gasteiger partial charge in [-0.15, -0.1) is 0 Å². The lowest BCUT2D eigenvalue weighted by atomic mass is 9.93. The van der Waals surface area contributed by atoms with Crippen molar-refractivity contribution < 1.29 is 4.79 Å². The molecule has 110 valence electrons. The maximum Gasteiger partial charge on any atom is 0.222 e. The van der Waals surface area contributed by atoms with E-state index in [0.717, 1.165) is 37.4 Å². The summed E-state index contributed by atoms with van der Waals surface area (Å²) in [7, 11) is 0. The molecule has 1 aromatic rings. The van der Waals surface area contributed by atoms with E-state index in [-0.39, 0.29) is 11.8 Å². The fraction of sp³-hybridized carbons (Fsp3) is 0.643. The van der Waals surface area contributed by atoms with E-state index in [1.165, 1.54) is 0 Å². The molecule has 0 bridgehead atoms. The van der Waals surface area contributed by atoms with Crippen LogP contribution in [0.25, 0.3) is 0 Å². The fourth-order valence-electron chi connectivity index (χ4n) is 2.49. The Morgan fingerprint density at radius 3 is 3.00 bits per heavy atom. The van der Waals surface area contributed by atoms with Gasteiger partial charge >= 0.3 is 0 Å². The highest BCUT2D eigenvalue weighted by molar-refractivity contribution is 5.77. The Balaban J connectivity index is 2.13. The van der Waals surface area contributed by atoms with E-state index in [0.29, 0.717) is 12.6 Å². The summed E-state index contributed by atoms with van der Waals surface area (Å²) in [5.41, 5.74) is 5.43. The molecular formula is C14H23N5O. The van der Waals surface area contributed by atoms with Crippen LogP contribution >= 0.6 is 0 Å². The van der Waals surface area contributed by atoms with Crippen LogP contribution in [0, 0.1) is 5.92 Å². The average molecular weight is 277 g/mol. The molecule has 0 radical (unpaired) electrons. The van der Waals surface area contributed by atoms with Crippen LogP contribution in [0.2, 0.25) is 0 Å². The number of nitrogens with two attached hydrogens (primary N) is 1. The summed E-state index contributed by atoms with van der Waals surface area (Å²) < 4.78 is 0. The van der Waals surface area contributed by atoms with Crippen LogP contribution in [0.15, 0.2) is 12.4 Å². The predicted molar refractivity (Wildman–Crippen MR) is 79.5 cm³/mol. The van der Waals surface area contributed by atoms with Crippen LogP contribution in [0.4, 0.5) is 11.6 Å². The first-order valence-corrected chi connectivity index (χ1v) is 7.23. The number of primary amides is 1. The molecule has 0 saturated carbocycles. The zero-order valence-electron chi connectivity index (χ0n) is 12.2. The van der Waals surface area contributed by atoms with Gasteiger partial charge in [-0.2, -0.15) is 0 Å². The lowest BCUT2D eigenvalue weighted by molar-refractivity contribution is -0.122. The van der Waals surface area contributed by atoms with Crippen molar-refractivity contribution in [3.63, 3.8) is 0 Å². The molecule has 2 rings (SSSR count). The van der Waals surface area contributed by atoms with Crippen LogP contribution in [-0.4, -0.2) is 35.0 Å². The second-order valence-electron chi connectivity index (χ2n) is 5.37. The second-order valence-corrected chi connectivity index (χ2v) is 5.37. The number of nitrogens with zero attached hydrogens (tertiary/aromatic N) is 3. The Bertz CT molecular complexity index is 465. The van der Waals surface area contributed by atoms with E-state index in [2.05, 4.69) is 34.0 Å². The van der Waals surface area contributed by atoms with Gasteiger partial charge in [-0.05, 0) is 26.2 Å². The Morgan fingerprint density at radius 1 is 1.50 bits per heavy atom. The van der Waals surface area contributed by atoms with Gasteiger partial charge in [0.25, 0.3) is 0 Å². The maximum atomic E-state index is 11.4. The monoisotopic (exact) mass is 277 g/mol. The smallest absolute Gasteiger partial charge is 0.222 e. The number of hydrogen-bond acceptors (Lipinski definition) is 5. The first-order valence-electron chi connectivity index (χ1n) is 7.23. The summed E-state index contributed by atoms with van der Waals surface area (Å²) >= 11 is 0. The van der Waals surface area contributed by atoms with E-state index in [9.17, 15) is 4.79 Å². The molecule has 2 atom stereocenters. The van der Waals surface area contributed by atoms with Gasteiger partial charge in [0.15, 0.2) is 0 Å². The molecule has 2 heterocycles. The quantitative estimate of drug-likeness (QED) is 0.849. The summed E-state index contributed by atoms with van der Waals surface area (Å²) in [6.45, 7) is 5.75. The number of piperidine rings is 1. The van der Waals surface area contributed by atoms with Crippen molar-refractivity contribution in [2.24, 2.45) is 11.7 Å². The Labute approximate surface area is 119 Å². The Morgan fingerprint density at radius 2 is 2.30 bits per heavy atom. The standard InChI is InChI=1S/C14H23N5O/c1-3-6-17-12-7-16-8-13(18-12)19-9-11(14(15)20)5-4-10(19)2/h7-8,10-11H,3-6,9H2,1-2H3,(H2,15,20)(H,17,18). The average Bonchev–Trinajstić information content (AvgIpc) is 2.45. The third-order valence-electron chi connectivity index (χ3n) is 3.76. The number of carbonyl (C=O) groups is 1. The van der Waals surface area contributed by atoms with Crippen molar-refractivity contribution in [3.05, 3.63) is 12.4 Å². The lowest BCUT2D eigenvalue weighted by Crippen LogP contribution is -2.46. The van der Waals surface area contributed by atoms with Crippen LogP contribution in [0.3, 0.4) is 0 Å². The molecule has 1 amide bonds. The Kier molecular flexibility index (Phi) is 4.76. The molecular weight excluding hydrogens is 254 g/mol. The summed E-state index contributed by atoms with van der Waals surface area (Å²) in [5.74, 6) is 1.26. The van der Waals surface area contributed by atoms with Crippen molar-refractivity contribution in [2.75, 3.05) is 23.3 Å². The van der Waals surface area contributed by atoms with Gasteiger partial charge in [0.1, 0.15) is 11.6 Å². The van der Waals surface area contributed by atoms with Crippen molar-refractivity contribution >= 4 is 17.5 Å². The SMILES string of the molecule is CCCNc1cncc(N2CC(C(N)=O)CCC2C)n1. The van der Waals surface area contributed by atoms with Crippen molar-refractivity contribution in [1.82, 2.24) is 9.97 Å². The number of anilines is 2. The van der Waals surface area contributed by atoms with Gasteiger partial charge in [0, 0.05) is 19.1 Å². The minimum absolute atomic E-state index is 0.0970. The highest BCUT2D eigenvalue weighted by Crippen LogP contribution is 2.26. The van der Waals surface area contributed by atoms with E-state index >= 15 is 0 Å².